The molecule has 2 aromatic carbocycles. The highest BCUT2D eigenvalue weighted by molar-refractivity contribution is 6.30. The molecular formula is C16H16ClNO. The lowest BCUT2D eigenvalue weighted by Gasteiger charge is -2.07. The van der Waals surface area contributed by atoms with E-state index >= 15 is 0 Å². The Morgan fingerprint density at radius 1 is 1.11 bits per heavy atom. The van der Waals surface area contributed by atoms with Crippen LogP contribution in [-0.2, 0) is 11.2 Å². The summed E-state index contributed by atoms with van der Waals surface area (Å²) in [5.74, 6) is -0.0366. The van der Waals surface area contributed by atoms with Gasteiger partial charge in [-0.15, -0.1) is 0 Å². The van der Waals surface area contributed by atoms with Crippen molar-refractivity contribution in [3.8, 4) is 0 Å². The fraction of sp³-hybridized carbons (Fsp3) is 0.188. The summed E-state index contributed by atoms with van der Waals surface area (Å²) in [6, 6.07) is 13.2. The molecule has 2 rings (SSSR count). The third-order valence-corrected chi connectivity index (χ3v) is 3.28. The smallest absolute Gasteiger partial charge is 0.228 e. The average molecular weight is 274 g/mol. The number of hydrogen-bond acceptors (Lipinski definition) is 1. The van der Waals surface area contributed by atoms with E-state index in [1.165, 1.54) is 11.1 Å². The van der Waals surface area contributed by atoms with E-state index in [9.17, 15) is 4.79 Å². The van der Waals surface area contributed by atoms with Gasteiger partial charge in [-0.25, -0.2) is 0 Å². The molecule has 0 unspecified atom stereocenters. The number of rotatable bonds is 3. The minimum absolute atomic E-state index is 0.0366. The van der Waals surface area contributed by atoms with Gasteiger partial charge < -0.3 is 5.32 Å². The largest absolute Gasteiger partial charge is 0.326 e. The van der Waals surface area contributed by atoms with Gasteiger partial charge in [0.25, 0.3) is 0 Å². The van der Waals surface area contributed by atoms with Gasteiger partial charge in [-0.1, -0.05) is 35.9 Å². The minimum atomic E-state index is -0.0366. The minimum Gasteiger partial charge on any atom is -0.326 e. The quantitative estimate of drug-likeness (QED) is 0.895. The molecule has 0 fully saturated rings. The Kier molecular flexibility index (Phi) is 4.23. The number of carbonyl (C=O) groups excluding carboxylic acids is 1. The predicted octanol–water partition coefficient (Wildman–Crippen LogP) is 4.14. The van der Waals surface area contributed by atoms with Crippen molar-refractivity contribution in [2.75, 3.05) is 5.32 Å². The SMILES string of the molecule is Cc1ccc(CC(=O)Nc2cccc(Cl)c2)cc1C. The van der Waals surface area contributed by atoms with Crippen LogP contribution in [-0.4, -0.2) is 5.91 Å². The van der Waals surface area contributed by atoms with Crippen LogP contribution in [0.3, 0.4) is 0 Å². The number of carbonyl (C=O) groups is 1. The fourth-order valence-corrected chi connectivity index (χ4v) is 2.06. The van der Waals surface area contributed by atoms with E-state index in [-0.39, 0.29) is 5.91 Å². The Hall–Kier alpha value is -1.80. The first-order chi connectivity index (χ1) is 9.04. The van der Waals surface area contributed by atoms with Crippen molar-refractivity contribution >= 4 is 23.2 Å². The maximum absolute atomic E-state index is 11.9. The summed E-state index contributed by atoms with van der Waals surface area (Å²) in [5, 5.41) is 3.46. The zero-order valence-corrected chi connectivity index (χ0v) is 11.8. The second-order valence-electron chi connectivity index (χ2n) is 4.65. The average Bonchev–Trinajstić information content (AvgIpc) is 2.34. The summed E-state index contributed by atoms with van der Waals surface area (Å²) >= 11 is 5.88. The van der Waals surface area contributed by atoms with E-state index in [1.807, 2.05) is 37.3 Å². The number of aryl methyl sites for hydroxylation is 2. The van der Waals surface area contributed by atoms with Crippen LogP contribution in [0.25, 0.3) is 0 Å². The maximum Gasteiger partial charge on any atom is 0.228 e. The zero-order valence-electron chi connectivity index (χ0n) is 11.0. The number of benzene rings is 2. The molecule has 0 heterocycles. The van der Waals surface area contributed by atoms with E-state index in [0.29, 0.717) is 11.4 Å². The van der Waals surface area contributed by atoms with Crippen LogP contribution in [0, 0.1) is 13.8 Å². The lowest BCUT2D eigenvalue weighted by molar-refractivity contribution is -0.115. The fourth-order valence-electron chi connectivity index (χ4n) is 1.87. The lowest BCUT2D eigenvalue weighted by atomic mass is 10.0. The van der Waals surface area contributed by atoms with Gasteiger partial charge in [0.15, 0.2) is 0 Å². The van der Waals surface area contributed by atoms with Crippen molar-refractivity contribution < 1.29 is 4.79 Å². The Morgan fingerprint density at radius 3 is 2.58 bits per heavy atom. The molecule has 0 aromatic heterocycles. The van der Waals surface area contributed by atoms with Gasteiger partial charge in [-0.3, -0.25) is 4.79 Å². The number of nitrogens with one attached hydrogen (secondary N) is 1. The number of hydrogen-bond donors (Lipinski definition) is 1. The highest BCUT2D eigenvalue weighted by Gasteiger charge is 2.05. The number of amides is 1. The summed E-state index contributed by atoms with van der Waals surface area (Å²) in [7, 11) is 0. The number of anilines is 1. The van der Waals surface area contributed by atoms with Crippen molar-refractivity contribution in [1.82, 2.24) is 0 Å². The molecule has 0 spiro atoms. The highest BCUT2D eigenvalue weighted by Crippen LogP contribution is 2.16. The molecular weight excluding hydrogens is 258 g/mol. The van der Waals surface area contributed by atoms with Gasteiger partial charge >= 0.3 is 0 Å². The maximum atomic E-state index is 11.9. The van der Waals surface area contributed by atoms with Gasteiger partial charge in [0.2, 0.25) is 5.91 Å². The van der Waals surface area contributed by atoms with Crippen molar-refractivity contribution in [3.63, 3.8) is 0 Å². The third-order valence-electron chi connectivity index (χ3n) is 3.04. The highest BCUT2D eigenvalue weighted by atomic mass is 35.5. The molecule has 0 aliphatic rings. The molecule has 1 amide bonds. The standard InChI is InChI=1S/C16H16ClNO/c1-11-6-7-13(8-12(11)2)9-16(19)18-15-5-3-4-14(17)10-15/h3-8,10H,9H2,1-2H3,(H,18,19). The van der Waals surface area contributed by atoms with Gasteiger partial charge in [0, 0.05) is 10.7 Å². The van der Waals surface area contributed by atoms with E-state index in [2.05, 4.69) is 12.2 Å². The molecule has 0 saturated heterocycles. The predicted molar refractivity (Wildman–Crippen MR) is 79.7 cm³/mol. The molecule has 0 saturated carbocycles. The molecule has 0 bridgehead atoms. The molecule has 1 N–H and O–H groups in total. The molecule has 0 aliphatic heterocycles. The van der Waals surface area contributed by atoms with Gasteiger partial charge in [-0.05, 0) is 48.7 Å². The topological polar surface area (TPSA) is 29.1 Å². The first-order valence-electron chi connectivity index (χ1n) is 6.16. The van der Waals surface area contributed by atoms with Gasteiger partial charge in [0.1, 0.15) is 0 Å². The van der Waals surface area contributed by atoms with Gasteiger partial charge in [0.05, 0.1) is 6.42 Å². The summed E-state index contributed by atoms with van der Waals surface area (Å²) in [6.45, 7) is 4.11. The second kappa shape index (κ2) is 5.89. The van der Waals surface area contributed by atoms with E-state index in [1.54, 1.807) is 12.1 Å². The molecule has 3 heteroatoms. The van der Waals surface area contributed by atoms with Crippen LogP contribution >= 0.6 is 11.6 Å². The molecule has 0 atom stereocenters. The first kappa shape index (κ1) is 13.6. The van der Waals surface area contributed by atoms with Crippen LogP contribution in [0.4, 0.5) is 5.69 Å². The zero-order chi connectivity index (χ0) is 13.8. The molecule has 2 aromatic rings. The second-order valence-corrected chi connectivity index (χ2v) is 5.09. The van der Waals surface area contributed by atoms with E-state index < -0.39 is 0 Å². The van der Waals surface area contributed by atoms with Crippen LogP contribution in [0.15, 0.2) is 42.5 Å². The van der Waals surface area contributed by atoms with Crippen molar-refractivity contribution in [1.29, 1.82) is 0 Å². The van der Waals surface area contributed by atoms with Gasteiger partial charge in [-0.2, -0.15) is 0 Å². The van der Waals surface area contributed by atoms with E-state index in [4.69, 9.17) is 11.6 Å². The molecule has 19 heavy (non-hydrogen) atoms. The van der Waals surface area contributed by atoms with E-state index in [0.717, 1.165) is 11.3 Å². The molecule has 0 radical (unpaired) electrons. The summed E-state index contributed by atoms with van der Waals surface area (Å²) < 4.78 is 0. The van der Waals surface area contributed by atoms with Crippen LogP contribution in [0.5, 0.6) is 0 Å². The van der Waals surface area contributed by atoms with Crippen LogP contribution in [0.1, 0.15) is 16.7 Å². The Labute approximate surface area is 118 Å². The van der Waals surface area contributed by atoms with Crippen LogP contribution in [0.2, 0.25) is 5.02 Å². The first-order valence-corrected chi connectivity index (χ1v) is 6.54. The summed E-state index contributed by atoms with van der Waals surface area (Å²) in [5.41, 5.74) is 4.18. The Balaban J connectivity index is 2.03. The lowest BCUT2D eigenvalue weighted by Crippen LogP contribution is -2.14. The summed E-state index contributed by atoms with van der Waals surface area (Å²) in [4.78, 5) is 11.9. The Bertz CT molecular complexity index is 607. The Morgan fingerprint density at radius 2 is 1.89 bits per heavy atom. The molecule has 2 nitrogen and oxygen atoms in total. The van der Waals surface area contributed by atoms with Crippen molar-refractivity contribution in [2.24, 2.45) is 0 Å². The van der Waals surface area contributed by atoms with Crippen molar-refractivity contribution in [3.05, 3.63) is 64.2 Å². The molecule has 0 aliphatic carbocycles. The normalized spacial score (nSPS) is 10.3. The molecule has 98 valence electrons. The third kappa shape index (κ3) is 3.83. The number of halogens is 1. The van der Waals surface area contributed by atoms with Crippen molar-refractivity contribution in [2.45, 2.75) is 20.3 Å². The monoisotopic (exact) mass is 273 g/mol. The van der Waals surface area contributed by atoms with Crippen LogP contribution < -0.4 is 5.32 Å². The summed E-state index contributed by atoms with van der Waals surface area (Å²) in [6.07, 6.45) is 0.369.